The molecule has 0 spiro atoms. The van der Waals surface area contributed by atoms with Crippen molar-refractivity contribution in [3.05, 3.63) is 17.8 Å². The molecule has 0 unspecified atom stereocenters. The van der Waals surface area contributed by atoms with Crippen LogP contribution in [0.4, 0.5) is 11.5 Å². The Hall–Kier alpha value is -1.85. The number of rotatable bonds is 5. The number of anilines is 2. The van der Waals surface area contributed by atoms with E-state index in [2.05, 4.69) is 10.3 Å². The summed E-state index contributed by atoms with van der Waals surface area (Å²) in [5, 5.41) is 11.7. The largest absolute Gasteiger partial charge is 0.397 e. The second kappa shape index (κ2) is 5.66. The lowest BCUT2D eigenvalue weighted by Crippen LogP contribution is -2.28. The third-order valence-electron chi connectivity index (χ3n) is 2.24. The van der Waals surface area contributed by atoms with Gasteiger partial charge in [0.1, 0.15) is 11.9 Å². The van der Waals surface area contributed by atoms with Crippen LogP contribution < -0.4 is 11.1 Å². The monoisotopic (exact) mass is 269 g/mol. The van der Waals surface area contributed by atoms with E-state index in [-0.39, 0.29) is 17.9 Å². The first-order valence-electron chi connectivity index (χ1n) is 5.16. The highest BCUT2D eigenvalue weighted by Crippen LogP contribution is 2.13. The predicted octanol–water partition coefficient (Wildman–Crippen LogP) is -0.161. The number of aromatic nitrogens is 1. The third-order valence-corrected chi connectivity index (χ3v) is 4.07. The van der Waals surface area contributed by atoms with Crippen molar-refractivity contribution in [2.45, 2.75) is 0 Å². The summed E-state index contributed by atoms with van der Waals surface area (Å²) in [5.41, 5.74) is 6.17. The van der Waals surface area contributed by atoms with Gasteiger partial charge in [0.2, 0.25) is 10.0 Å². The van der Waals surface area contributed by atoms with Crippen LogP contribution in [0.2, 0.25) is 0 Å². The van der Waals surface area contributed by atoms with Crippen LogP contribution in [-0.2, 0) is 10.0 Å². The van der Waals surface area contributed by atoms with E-state index in [1.807, 2.05) is 6.07 Å². The van der Waals surface area contributed by atoms with Crippen molar-refractivity contribution in [2.75, 3.05) is 37.4 Å². The average molecular weight is 269 g/mol. The van der Waals surface area contributed by atoms with E-state index in [0.717, 1.165) is 4.31 Å². The lowest BCUT2D eigenvalue weighted by Gasteiger charge is -2.12. The van der Waals surface area contributed by atoms with Crippen molar-refractivity contribution in [1.82, 2.24) is 9.29 Å². The molecule has 8 heteroatoms. The quantitative estimate of drug-likeness (QED) is 0.768. The normalized spacial score (nSPS) is 11.2. The third kappa shape index (κ3) is 3.58. The Morgan fingerprint density at radius 3 is 2.78 bits per heavy atom. The molecule has 1 aromatic rings. The van der Waals surface area contributed by atoms with E-state index in [1.54, 1.807) is 0 Å². The Kier molecular flexibility index (Phi) is 4.47. The number of nitrogens with one attached hydrogen (secondary N) is 1. The molecule has 0 amide bonds. The van der Waals surface area contributed by atoms with E-state index in [9.17, 15) is 8.42 Å². The number of hydrogen-bond donors (Lipinski definition) is 2. The Bertz CT molecular complexity index is 562. The van der Waals surface area contributed by atoms with Crippen LogP contribution in [0, 0.1) is 11.3 Å². The lowest BCUT2D eigenvalue weighted by molar-refractivity contribution is 0.521. The fraction of sp³-hybridized carbons (Fsp3) is 0.400. The minimum atomic E-state index is -3.26. The summed E-state index contributed by atoms with van der Waals surface area (Å²) in [6.07, 6.45) is 1.41. The van der Waals surface area contributed by atoms with Gasteiger partial charge in [-0.3, -0.25) is 0 Å². The molecule has 0 saturated heterocycles. The number of nitrogen functional groups attached to an aromatic ring is 1. The average Bonchev–Trinajstić information content (AvgIpc) is 2.30. The molecule has 0 atom stereocenters. The number of pyridine rings is 1. The molecule has 0 aliphatic heterocycles. The van der Waals surface area contributed by atoms with Gasteiger partial charge in [0.15, 0.2) is 0 Å². The molecule has 0 aromatic carbocycles. The van der Waals surface area contributed by atoms with Gasteiger partial charge in [-0.1, -0.05) is 0 Å². The van der Waals surface area contributed by atoms with Gasteiger partial charge in [-0.15, -0.1) is 0 Å². The SMILES string of the molecule is CN(C)S(=O)(=O)CCNc1ncc(N)cc1C#N. The minimum absolute atomic E-state index is 0.0725. The molecule has 0 fully saturated rings. The zero-order chi connectivity index (χ0) is 13.8. The molecular formula is C10H15N5O2S. The Labute approximate surface area is 106 Å². The molecule has 0 radical (unpaired) electrons. The second-order valence-electron chi connectivity index (χ2n) is 3.80. The first-order valence-corrected chi connectivity index (χ1v) is 6.77. The zero-order valence-electron chi connectivity index (χ0n) is 10.2. The van der Waals surface area contributed by atoms with Gasteiger partial charge in [-0.2, -0.15) is 5.26 Å². The van der Waals surface area contributed by atoms with Gasteiger partial charge in [0, 0.05) is 20.6 Å². The summed E-state index contributed by atoms with van der Waals surface area (Å²) < 4.78 is 24.2. The highest BCUT2D eigenvalue weighted by molar-refractivity contribution is 7.89. The van der Waals surface area contributed by atoms with Crippen LogP contribution in [0.5, 0.6) is 0 Å². The van der Waals surface area contributed by atoms with E-state index in [1.165, 1.54) is 26.4 Å². The Balaban J connectivity index is 2.69. The van der Waals surface area contributed by atoms with Crippen LogP contribution in [0.25, 0.3) is 0 Å². The van der Waals surface area contributed by atoms with Gasteiger partial charge in [-0.25, -0.2) is 17.7 Å². The van der Waals surface area contributed by atoms with E-state index in [4.69, 9.17) is 11.0 Å². The molecule has 0 aliphatic rings. The highest BCUT2D eigenvalue weighted by Gasteiger charge is 2.13. The maximum Gasteiger partial charge on any atom is 0.215 e. The van der Waals surface area contributed by atoms with Gasteiger partial charge >= 0.3 is 0 Å². The van der Waals surface area contributed by atoms with Crippen LogP contribution in [0.3, 0.4) is 0 Å². The van der Waals surface area contributed by atoms with Gasteiger partial charge in [0.25, 0.3) is 0 Å². The zero-order valence-corrected chi connectivity index (χ0v) is 11.0. The van der Waals surface area contributed by atoms with Crippen molar-refractivity contribution >= 4 is 21.5 Å². The van der Waals surface area contributed by atoms with Crippen LogP contribution in [0.15, 0.2) is 12.3 Å². The molecule has 1 rings (SSSR count). The standard InChI is InChI=1S/C10H15N5O2S/c1-15(2)18(16,17)4-3-13-10-8(6-11)5-9(12)7-14-10/h5,7H,3-4,12H2,1-2H3,(H,13,14). The second-order valence-corrected chi connectivity index (χ2v) is 6.10. The van der Waals surface area contributed by atoms with Crippen LogP contribution in [0.1, 0.15) is 5.56 Å². The topological polar surface area (TPSA) is 112 Å². The summed E-state index contributed by atoms with van der Waals surface area (Å²) in [4.78, 5) is 3.95. The van der Waals surface area contributed by atoms with E-state index in [0.29, 0.717) is 11.5 Å². The molecule has 18 heavy (non-hydrogen) atoms. The van der Waals surface area contributed by atoms with Gasteiger partial charge < -0.3 is 11.1 Å². The van der Waals surface area contributed by atoms with E-state index >= 15 is 0 Å². The number of nitrogens with two attached hydrogens (primary N) is 1. The fourth-order valence-corrected chi connectivity index (χ4v) is 1.91. The molecule has 0 aliphatic carbocycles. The van der Waals surface area contributed by atoms with Crippen molar-refractivity contribution in [3.63, 3.8) is 0 Å². The van der Waals surface area contributed by atoms with Gasteiger partial charge in [0.05, 0.1) is 23.2 Å². The molecule has 1 aromatic heterocycles. The number of nitrogens with zero attached hydrogens (tertiary/aromatic N) is 3. The molecule has 1 heterocycles. The van der Waals surface area contributed by atoms with Gasteiger partial charge in [-0.05, 0) is 6.07 Å². The lowest BCUT2D eigenvalue weighted by atomic mass is 10.2. The minimum Gasteiger partial charge on any atom is -0.397 e. The van der Waals surface area contributed by atoms with E-state index < -0.39 is 10.0 Å². The van der Waals surface area contributed by atoms with Crippen molar-refractivity contribution in [1.29, 1.82) is 5.26 Å². The Morgan fingerprint density at radius 2 is 2.22 bits per heavy atom. The molecule has 3 N–H and O–H groups in total. The smallest absolute Gasteiger partial charge is 0.215 e. The summed E-state index contributed by atoms with van der Waals surface area (Å²) in [5.74, 6) is 0.261. The molecule has 7 nitrogen and oxygen atoms in total. The first-order chi connectivity index (χ1) is 8.36. The number of hydrogen-bond acceptors (Lipinski definition) is 6. The van der Waals surface area contributed by atoms with Crippen molar-refractivity contribution in [3.8, 4) is 6.07 Å². The predicted molar refractivity (Wildman–Crippen MR) is 69.3 cm³/mol. The number of sulfonamides is 1. The summed E-state index contributed by atoms with van der Waals surface area (Å²) in [7, 11) is -0.321. The molecular weight excluding hydrogens is 254 g/mol. The molecule has 98 valence electrons. The summed E-state index contributed by atoms with van der Waals surface area (Å²) in [6, 6.07) is 3.42. The summed E-state index contributed by atoms with van der Waals surface area (Å²) in [6.45, 7) is 0.173. The maximum atomic E-state index is 11.5. The maximum absolute atomic E-state index is 11.5. The Morgan fingerprint density at radius 1 is 1.56 bits per heavy atom. The highest BCUT2D eigenvalue weighted by atomic mass is 32.2. The number of nitriles is 1. The molecule has 0 bridgehead atoms. The summed E-state index contributed by atoms with van der Waals surface area (Å²) >= 11 is 0. The van der Waals surface area contributed by atoms with Crippen molar-refractivity contribution in [2.24, 2.45) is 0 Å². The molecule has 0 saturated carbocycles. The first kappa shape index (κ1) is 14.2. The fourth-order valence-electron chi connectivity index (χ4n) is 1.19. The van der Waals surface area contributed by atoms with Crippen LogP contribution >= 0.6 is 0 Å². The van der Waals surface area contributed by atoms with Crippen molar-refractivity contribution < 1.29 is 8.42 Å². The van der Waals surface area contributed by atoms with Crippen LogP contribution in [-0.4, -0.2) is 44.1 Å².